The molecule has 5 amide bonds. The number of carbonyl (C=O) groups is 5. The largest absolute Gasteiger partial charge is 0.495 e. The van der Waals surface area contributed by atoms with Crippen LogP contribution >= 0.6 is 0 Å². The van der Waals surface area contributed by atoms with Crippen LogP contribution in [0.15, 0.2) is 66.7 Å². The van der Waals surface area contributed by atoms with Crippen LogP contribution in [0.1, 0.15) is 49.8 Å². The molecule has 0 aromatic heterocycles. The minimum Gasteiger partial charge on any atom is -0.495 e. The molecule has 1 saturated heterocycles. The Morgan fingerprint density at radius 1 is 0.915 bits per heavy atom. The smallest absolute Gasteiger partial charge is 0.328 e. The third-order valence-electron chi connectivity index (χ3n) is 8.63. The first-order valence-electron chi connectivity index (χ1n) is 15.7. The molecule has 0 radical (unpaired) electrons. The van der Waals surface area contributed by atoms with Crippen molar-refractivity contribution in [3.8, 4) is 11.5 Å². The number of Topliss-reactive ketones (excluding diaryl/α,β-unsaturated/α-hetero) is 1. The van der Waals surface area contributed by atoms with Crippen LogP contribution < -0.4 is 20.1 Å². The number of imide groups is 1. The topological polar surface area (TPSA) is 134 Å². The molecular weight excluding hydrogens is 600 g/mol. The van der Waals surface area contributed by atoms with Gasteiger partial charge in [0.1, 0.15) is 18.0 Å². The van der Waals surface area contributed by atoms with Crippen LogP contribution in [0.25, 0.3) is 0 Å². The van der Waals surface area contributed by atoms with Crippen LogP contribution in [0, 0.1) is 19.3 Å². The molecule has 2 aliphatic rings. The fraction of sp³-hybridized carbons (Fsp3) is 0.361. The number of amides is 5. The van der Waals surface area contributed by atoms with Gasteiger partial charge < -0.3 is 25.0 Å². The Hall–Kier alpha value is -5.19. The van der Waals surface area contributed by atoms with Crippen LogP contribution in [0.3, 0.4) is 0 Å². The Kier molecular flexibility index (Phi) is 9.64. The molecule has 11 nitrogen and oxygen atoms in total. The van der Waals surface area contributed by atoms with Crippen molar-refractivity contribution in [2.24, 2.45) is 5.41 Å². The molecule has 3 aromatic rings. The Morgan fingerprint density at radius 2 is 1.62 bits per heavy atom. The van der Waals surface area contributed by atoms with E-state index in [9.17, 15) is 24.0 Å². The second-order valence-corrected chi connectivity index (χ2v) is 12.4. The summed E-state index contributed by atoms with van der Waals surface area (Å²) < 4.78 is 11.5. The number of aryl methyl sites for hydroxylation is 2. The van der Waals surface area contributed by atoms with Gasteiger partial charge in [-0.05, 0) is 68.5 Å². The minimum atomic E-state index is -1.68. The zero-order chi connectivity index (χ0) is 33.9. The lowest BCUT2D eigenvalue weighted by atomic mass is 9.95. The Morgan fingerprint density at radius 3 is 2.26 bits per heavy atom. The van der Waals surface area contributed by atoms with Crippen molar-refractivity contribution in [1.82, 2.24) is 9.80 Å². The van der Waals surface area contributed by atoms with Gasteiger partial charge in [0.05, 0.1) is 12.8 Å². The number of methoxy groups -OCH3 is 1. The standard InChI is InChI=1S/C36H40N4O7/c1-6-27(47-28-14-12-22(2)18-23(28)3)33(43)37-25-13-15-29(46-5)26(19-25)38-34(44)31(32(42)36(4)16-17-36)40-30(41)21-39(35(40)45)20-24-10-8-7-9-11-24/h7-15,18-19,27,31H,6,16-17,20-21H2,1-5H3,(H,37,43)(H,38,44). The maximum Gasteiger partial charge on any atom is 0.328 e. The zero-order valence-corrected chi connectivity index (χ0v) is 27.3. The average Bonchev–Trinajstić information content (AvgIpc) is 3.74. The summed E-state index contributed by atoms with van der Waals surface area (Å²) in [4.78, 5) is 69.8. The second kappa shape index (κ2) is 13.7. The first-order valence-corrected chi connectivity index (χ1v) is 15.7. The average molecular weight is 641 g/mol. The van der Waals surface area contributed by atoms with Crippen molar-refractivity contribution in [2.75, 3.05) is 24.3 Å². The number of hydrogen-bond donors (Lipinski definition) is 2. The molecule has 1 heterocycles. The number of benzene rings is 3. The number of ether oxygens (including phenoxy) is 2. The molecule has 2 fully saturated rings. The number of carbonyl (C=O) groups excluding carboxylic acids is 5. The van der Waals surface area contributed by atoms with Crippen molar-refractivity contribution >= 4 is 40.9 Å². The van der Waals surface area contributed by atoms with Crippen molar-refractivity contribution in [1.29, 1.82) is 0 Å². The highest BCUT2D eigenvalue weighted by Gasteiger charge is 2.55. The quantitative estimate of drug-likeness (QED) is 0.193. The van der Waals surface area contributed by atoms with Gasteiger partial charge in [0, 0.05) is 17.6 Å². The molecule has 3 aromatic carbocycles. The van der Waals surface area contributed by atoms with Gasteiger partial charge in [0.25, 0.3) is 17.7 Å². The molecule has 2 atom stereocenters. The third-order valence-corrected chi connectivity index (χ3v) is 8.63. The molecule has 1 aliphatic heterocycles. The molecule has 1 aliphatic carbocycles. The number of nitrogens with zero attached hydrogens (tertiary/aromatic N) is 2. The molecule has 0 spiro atoms. The summed E-state index contributed by atoms with van der Waals surface area (Å²) in [6.07, 6.45) is 0.713. The molecule has 47 heavy (non-hydrogen) atoms. The van der Waals surface area contributed by atoms with Crippen LogP contribution in [0.4, 0.5) is 16.2 Å². The minimum absolute atomic E-state index is 0.151. The van der Waals surface area contributed by atoms with E-state index < -0.39 is 47.1 Å². The maximum absolute atomic E-state index is 13.9. The van der Waals surface area contributed by atoms with Crippen LogP contribution in [0.2, 0.25) is 0 Å². The summed E-state index contributed by atoms with van der Waals surface area (Å²) >= 11 is 0. The Balaban J connectivity index is 1.36. The summed E-state index contributed by atoms with van der Waals surface area (Å²) in [5.74, 6) is -1.52. The number of nitrogens with one attached hydrogen (secondary N) is 2. The summed E-state index contributed by atoms with van der Waals surface area (Å²) in [6.45, 7) is 7.36. The highest BCUT2D eigenvalue weighted by molar-refractivity contribution is 6.19. The van der Waals surface area contributed by atoms with E-state index in [1.807, 2.05) is 69.3 Å². The van der Waals surface area contributed by atoms with Crippen LogP contribution in [-0.2, 0) is 25.7 Å². The number of hydrogen-bond acceptors (Lipinski definition) is 7. The molecule has 246 valence electrons. The third kappa shape index (κ3) is 7.29. The van der Waals surface area contributed by atoms with E-state index >= 15 is 0 Å². The van der Waals surface area contributed by atoms with Crippen LogP contribution in [-0.4, -0.2) is 65.1 Å². The lowest BCUT2D eigenvalue weighted by Gasteiger charge is -2.27. The van der Waals surface area contributed by atoms with Gasteiger partial charge >= 0.3 is 6.03 Å². The van der Waals surface area contributed by atoms with E-state index in [1.165, 1.54) is 18.1 Å². The summed E-state index contributed by atoms with van der Waals surface area (Å²) in [6, 6.07) is 17.2. The molecule has 11 heteroatoms. The Labute approximate surface area is 274 Å². The summed E-state index contributed by atoms with van der Waals surface area (Å²) in [5, 5.41) is 5.53. The first-order chi connectivity index (χ1) is 22.4. The van der Waals surface area contributed by atoms with Gasteiger partial charge in [0.2, 0.25) is 0 Å². The van der Waals surface area contributed by atoms with Crippen molar-refractivity contribution in [3.05, 3.63) is 83.4 Å². The van der Waals surface area contributed by atoms with Gasteiger partial charge in [-0.15, -0.1) is 0 Å². The van der Waals surface area contributed by atoms with Crippen molar-refractivity contribution in [2.45, 2.75) is 65.6 Å². The molecular formula is C36H40N4O7. The van der Waals surface area contributed by atoms with Crippen molar-refractivity contribution < 1.29 is 33.4 Å². The van der Waals surface area contributed by atoms with Crippen LogP contribution in [0.5, 0.6) is 11.5 Å². The maximum atomic E-state index is 13.9. The van der Waals surface area contributed by atoms with Gasteiger partial charge in [-0.2, -0.15) is 0 Å². The molecule has 0 bridgehead atoms. The SMILES string of the molecule is CCC(Oc1ccc(C)cc1C)C(=O)Nc1ccc(OC)c(NC(=O)C(C(=O)C2(C)CC2)N2C(=O)CN(Cc3ccccc3)C2=O)c1. The lowest BCUT2D eigenvalue weighted by Crippen LogP contribution is -2.54. The fourth-order valence-corrected chi connectivity index (χ4v) is 5.58. The number of anilines is 2. The number of ketones is 1. The fourth-order valence-electron chi connectivity index (χ4n) is 5.58. The van der Waals surface area contributed by atoms with Crippen molar-refractivity contribution in [3.63, 3.8) is 0 Å². The van der Waals surface area contributed by atoms with E-state index in [-0.39, 0.29) is 24.5 Å². The van der Waals surface area contributed by atoms with Gasteiger partial charge in [-0.1, -0.05) is 61.9 Å². The van der Waals surface area contributed by atoms with Gasteiger partial charge in [-0.3, -0.25) is 19.2 Å². The molecule has 2 unspecified atom stereocenters. The molecule has 5 rings (SSSR count). The Bertz CT molecular complexity index is 1700. The normalized spacial score (nSPS) is 16.4. The van der Waals surface area contributed by atoms with E-state index in [0.29, 0.717) is 30.7 Å². The van der Waals surface area contributed by atoms with E-state index in [0.717, 1.165) is 21.6 Å². The van der Waals surface area contributed by atoms with E-state index in [4.69, 9.17) is 9.47 Å². The molecule has 1 saturated carbocycles. The zero-order valence-electron chi connectivity index (χ0n) is 27.3. The highest BCUT2D eigenvalue weighted by atomic mass is 16.5. The predicted molar refractivity (Wildman–Crippen MR) is 176 cm³/mol. The lowest BCUT2D eigenvalue weighted by molar-refractivity contribution is -0.141. The number of urea groups is 1. The monoisotopic (exact) mass is 640 g/mol. The predicted octanol–water partition coefficient (Wildman–Crippen LogP) is 5.25. The summed E-state index contributed by atoms with van der Waals surface area (Å²) in [5.41, 5.74) is 2.47. The van der Waals surface area contributed by atoms with E-state index in [1.54, 1.807) is 19.1 Å². The molecule has 2 N–H and O–H groups in total. The van der Waals surface area contributed by atoms with Gasteiger partial charge in [0.15, 0.2) is 17.9 Å². The second-order valence-electron chi connectivity index (χ2n) is 12.4. The van der Waals surface area contributed by atoms with Gasteiger partial charge in [-0.25, -0.2) is 9.69 Å². The van der Waals surface area contributed by atoms with E-state index in [2.05, 4.69) is 10.6 Å². The number of rotatable bonds is 13. The summed E-state index contributed by atoms with van der Waals surface area (Å²) in [7, 11) is 1.41. The highest BCUT2D eigenvalue weighted by Crippen LogP contribution is 2.47. The first kappa shape index (κ1) is 33.2.